The zero-order chi connectivity index (χ0) is 15.5. The third-order valence-electron chi connectivity index (χ3n) is 2.57. The van der Waals surface area contributed by atoms with Crippen molar-refractivity contribution < 1.29 is 21.6 Å². The predicted molar refractivity (Wildman–Crippen MR) is 77.7 cm³/mol. The minimum atomic E-state index is -2.97. The standard InChI is InChI=1S/C13H13F2NO3S2/c1-21(17,18)5-4-20-8-10-7-19-13(16-10)9-2-3-11(14)12(15)6-9/h2-3,6-7H,4-5,8H2,1H3. The fourth-order valence-electron chi connectivity index (χ4n) is 1.52. The number of halogens is 2. The number of rotatable bonds is 6. The molecule has 1 aromatic heterocycles. The van der Waals surface area contributed by atoms with Crippen molar-refractivity contribution in [2.45, 2.75) is 5.75 Å². The maximum atomic E-state index is 13.1. The number of thioether (sulfide) groups is 1. The van der Waals surface area contributed by atoms with Crippen LogP contribution in [0, 0.1) is 11.6 Å². The number of hydrogen-bond donors (Lipinski definition) is 0. The van der Waals surface area contributed by atoms with Gasteiger partial charge < -0.3 is 4.42 Å². The zero-order valence-corrected chi connectivity index (χ0v) is 12.8. The van der Waals surface area contributed by atoms with E-state index < -0.39 is 21.5 Å². The molecule has 0 fully saturated rings. The quantitative estimate of drug-likeness (QED) is 0.761. The highest BCUT2D eigenvalue weighted by molar-refractivity contribution is 7.99. The Morgan fingerprint density at radius 1 is 1.29 bits per heavy atom. The van der Waals surface area contributed by atoms with Crippen molar-refractivity contribution in [2.75, 3.05) is 17.8 Å². The second-order valence-corrected chi connectivity index (χ2v) is 7.82. The van der Waals surface area contributed by atoms with Crippen LogP contribution in [-0.4, -0.2) is 31.2 Å². The minimum Gasteiger partial charge on any atom is -0.444 e. The second-order valence-electron chi connectivity index (χ2n) is 4.46. The molecule has 0 aliphatic carbocycles. The lowest BCUT2D eigenvalue weighted by molar-refractivity contribution is 0.507. The van der Waals surface area contributed by atoms with Gasteiger partial charge in [-0.25, -0.2) is 22.2 Å². The number of sulfone groups is 1. The average molecular weight is 333 g/mol. The Bertz CT molecular complexity index is 729. The molecule has 0 spiro atoms. The molecule has 21 heavy (non-hydrogen) atoms. The molecular weight excluding hydrogens is 320 g/mol. The highest BCUT2D eigenvalue weighted by Gasteiger charge is 2.10. The summed E-state index contributed by atoms with van der Waals surface area (Å²) in [6, 6.07) is 3.40. The van der Waals surface area contributed by atoms with E-state index in [1.54, 1.807) is 0 Å². The smallest absolute Gasteiger partial charge is 0.226 e. The molecule has 0 atom stereocenters. The molecule has 4 nitrogen and oxygen atoms in total. The van der Waals surface area contributed by atoms with Gasteiger partial charge in [-0.05, 0) is 18.2 Å². The lowest BCUT2D eigenvalue weighted by Crippen LogP contribution is -2.05. The predicted octanol–water partition coefficient (Wildman–Crippen LogP) is 2.90. The molecule has 114 valence electrons. The van der Waals surface area contributed by atoms with Gasteiger partial charge in [0.25, 0.3) is 0 Å². The van der Waals surface area contributed by atoms with E-state index in [0.717, 1.165) is 12.1 Å². The fourth-order valence-corrected chi connectivity index (χ4v) is 3.69. The van der Waals surface area contributed by atoms with Gasteiger partial charge in [0, 0.05) is 23.3 Å². The van der Waals surface area contributed by atoms with Gasteiger partial charge in [-0.2, -0.15) is 11.8 Å². The van der Waals surface area contributed by atoms with E-state index >= 15 is 0 Å². The van der Waals surface area contributed by atoms with Crippen LogP contribution >= 0.6 is 11.8 Å². The molecule has 2 rings (SSSR count). The van der Waals surface area contributed by atoms with Gasteiger partial charge in [0.15, 0.2) is 11.6 Å². The molecule has 0 saturated carbocycles. The number of nitrogens with zero attached hydrogens (tertiary/aromatic N) is 1. The Labute approximate surface area is 125 Å². The van der Waals surface area contributed by atoms with Gasteiger partial charge in [0.1, 0.15) is 16.1 Å². The largest absolute Gasteiger partial charge is 0.444 e. The van der Waals surface area contributed by atoms with Crippen LogP contribution in [0.1, 0.15) is 5.69 Å². The highest BCUT2D eigenvalue weighted by atomic mass is 32.2. The Kier molecular flexibility index (Phi) is 5.00. The van der Waals surface area contributed by atoms with Crippen molar-refractivity contribution in [1.82, 2.24) is 4.98 Å². The molecule has 0 bridgehead atoms. The summed E-state index contributed by atoms with van der Waals surface area (Å²) in [6.45, 7) is 0. The van der Waals surface area contributed by atoms with Gasteiger partial charge >= 0.3 is 0 Å². The van der Waals surface area contributed by atoms with Crippen LogP contribution in [0.15, 0.2) is 28.9 Å². The summed E-state index contributed by atoms with van der Waals surface area (Å²) in [4.78, 5) is 4.16. The fraction of sp³-hybridized carbons (Fsp3) is 0.308. The number of hydrogen-bond acceptors (Lipinski definition) is 5. The molecule has 0 aliphatic rings. The van der Waals surface area contributed by atoms with E-state index in [1.807, 2.05) is 0 Å². The van der Waals surface area contributed by atoms with Gasteiger partial charge in [-0.1, -0.05) is 0 Å². The van der Waals surface area contributed by atoms with Crippen molar-refractivity contribution in [1.29, 1.82) is 0 Å². The lowest BCUT2D eigenvalue weighted by Gasteiger charge is -1.98. The number of aromatic nitrogens is 1. The highest BCUT2D eigenvalue weighted by Crippen LogP contribution is 2.22. The van der Waals surface area contributed by atoms with Crippen molar-refractivity contribution in [3.05, 3.63) is 41.8 Å². The molecule has 0 aliphatic heterocycles. The van der Waals surface area contributed by atoms with Crippen molar-refractivity contribution in [2.24, 2.45) is 0 Å². The van der Waals surface area contributed by atoms with Crippen molar-refractivity contribution in [3.63, 3.8) is 0 Å². The number of benzene rings is 1. The summed E-state index contributed by atoms with van der Waals surface area (Å²) >= 11 is 1.41. The van der Waals surface area contributed by atoms with E-state index in [9.17, 15) is 17.2 Å². The van der Waals surface area contributed by atoms with Crippen LogP contribution in [0.25, 0.3) is 11.5 Å². The molecule has 0 saturated heterocycles. The first-order valence-corrected chi connectivity index (χ1v) is 9.22. The van der Waals surface area contributed by atoms with Crippen molar-refractivity contribution in [3.8, 4) is 11.5 Å². The molecule has 8 heteroatoms. The molecule has 1 aromatic carbocycles. The molecule has 0 amide bonds. The zero-order valence-electron chi connectivity index (χ0n) is 11.2. The molecule has 2 aromatic rings. The van der Waals surface area contributed by atoms with Crippen molar-refractivity contribution >= 4 is 21.6 Å². The van der Waals surface area contributed by atoms with E-state index in [1.165, 1.54) is 30.3 Å². The minimum absolute atomic E-state index is 0.103. The molecule has 0 radical (unpaired) electrons. The normalized spacial score (nSPS) is 11.8. The summed E-state index contributed by atoms with van der Waals surface area (Å²) in [7, 11) is -2.97. The lowest BCUT2D eigenvalue weighted by atomic mass is 10.2. The SMILES string of the molecule is CS(=O)(=O)CCSCc1coc(-c2ccc(F)c(F)c2)n1. The van der Waals surface area contributed by atoms with E-state index in [0.29, 0.717) is 22.8 Å². The van der Waals surface area contributed by atoms with E-state index in [4.69, 9.17) is 4.42 Å². The topological polar surface area (TPSA) is 60.2 Å². The van der Waals surface area contributed by atoms with Gasteiger partial charge in [0.2, 0.25) is 5.89 Å². The van der Waals surface area contributed by atoms with Crippen LogP contribution in [0.5, 0.6) is 0 Å². The van der Waals surface area contributed by atoms with Gasteiger partial charge in [-0.15, -0.1) is 0 Å². The van der Waals surface area contributed by atoms with E-state index in [2.05, 4.69) is 4.98 Å². The second kappa shape index (κ2) is 6.57. The average Bonchev–Trinajstić information content (AvgIpc) is 2.86. The monoisotopic (exact) mass is 333 g/mol. The summed E-state index contributed by atoms with van der Waals surface area (Å²) in [6.07, 6.45) is 2.61. The summed E-state index contributed by atoms with van der Waals surface area (Å²) in [5, 5.41) is 0. The van der Waals surface area contributed by atoms with Crippen LogP contribution < -0.4 is 0 Å². The van der Waals surface area contributed by atoms with Crippen LogP contribution in [-0.2, 0) is 15.6 Å². The van der Waals surface area contributed by atoms with Crippen LogP contribution in [0.2, 0.25) is 0 Å². The Hall–Kier alpha value is -1.41. The Balaban J connectivity index is 1.96. The first kappa shape index (κ1) is 16.0. The number of oxazole rings is 1. The third kappa shape index (κ3) is 4.82. The van der Waals surface area contributed by atoms with Crippen LogP contribution in [0.3, 0.4) is 0 Å². The van der Waals surface area contributed by atoms with E-state index in [-0.39, 0.29) is 11.6 Å². The van der Waals surface area contributed by atoms with Crippen LogP contribution in [0.4, 0.5) is 8.78 Å². The Morgan fingerprint density at radius 2 is 2.05 bits per heavy atom. The molecule has 0 N–H and O–H groups in total. The summed E-state index contributed by atoms with van der Waals surface area (Å²) in [5.74, 6) is -0.635. The summed E-state index contributed by atoms with van der Waals surface area (Å²) in [5.41, 5.74) is 0.967. The van der Waals surface area contributed by atoms with Gasteiger partial charge in [0.05, 0.1) is 11.4 Å². The summed E-state index contributed by atoms with van der Waals surface area (Å²) < 4.78 is 53.1. The maximum absolute atomic E-state index is 13.1. The molecular formula is C13H13F2NO3S2. The molecule has 0 unspecified atom stereocenters. The first-order valence-electron chi connectivity index (χ1n) is 6.00. The molecule has 1 heterocycles. The third-order valence-corrected chi connectivity index (χ3v) is 4.76. The van der Waals surface area contributed by atoms with Gasteiger partial charge in [-0.3, -0.25) is 0 Å². The maximum Gasteiger partial charge on any atom is 0.226 e. The Morgan fingerprint density at radius 3 is 2.71 bits per heavy atom. The first-order chi connectivity index (χ1) is 9.85.